The standard InChI is InChI=1S/C9H3F15.C4H10/c1-2(10)3(11,8(19,20)21)5(13,14)7(17,18)6(15,16)4(2,12)9(22,23)24;1-3-4-2/h1H3;3-4H2,1-2H3. The molecule has 2 unspecified atom stereocenters. The van der Waals surface area contributed by atoms with E-state index in [1.54, 1.807) is 0 Å². The van der Waals surface area contributed by atoms with Crippen LogP contribution >= 0.6 is 0 Å². The molecule has 1 rings (SSSR count). The Hall–Kier alpha value is -1.05. The molecule has 0 nitrogen and oxygen atoms in total. The third-order valence-electron chi connectivity index (χ3n) is 4.23. The lowest BCUT2D eigenvalue weighted by molar-refractivity contribution is -0.502. The van der Waals surface area contributed by atoms with Crippen molar-refractivity contribution in [3.63, 3.8) is 0 Å². The molecule has 1 fully saturated rings. The predicted molar refractivity (Wildman–Crippen MR) is 64.7 cm³/mol. The molecule has 0 bridgehead atoms. The Bertz CT molecular complexity index is 511. The van der Waals surface area contributed by atoms with E-state index in [4.69, 9.17) is 0 Å². The summed E-state index contributed by atoms with van der Waals surface area (Å²) in [6.07, 6.45) is -12.6. The highest BCUT2D eigenvalue weighted by atomic mass is 19.4. The Morgan fingerprint density at radius 1 is 0.500 bits per heavy atom. The average Bonchev–Trinajstić information content (AvgIpc) is 2.49. The lowest BCUT2D eigenvalue weighted by Crippen LogP contribution is -2.90. The molecule has 0 aliphatic heterocycles. The maximum atomic E-state index is 13.8. The van der Waals surface area contributed by atoms with Crippen LogP contribution in [-0.4, -0.2) is 47.1 Å². The number of rotatable bonds is 1. The topological polar surface area (TPSA) is 0 Å². The van der Waals surface area contributed by atoms with Crippen LogP contribution in [-0.2, 0) is 0 Å². The maximum absolute atomic E-state index is 13.8. The van der Waals surface area contributed by atoms with Crippen molar-refractivity contribution in [2.24, 2.45) is 0 Å². The molecule has 0 aromatic carbocycles. The van der Waals surface area contributed by atoms with Gasteiger partial charge in [0.1, 0.15) is 0 Å². The van der Waals surface area contributed by atoms with Crippen molar-refractivity contribution in [2.45, 2.75) is 80.7 Å². The Balaban J connectivity index is 0.00000165. The molecule has 0 spiro atoms. The predicted octanol–water partition coefficient (Wildman–Crippen LogP) is 6.98. The third kappa shape index (κ3) is 2.76. The molecule has 0 heterocycles. The summed E-state index contributed by atoms with van der Waals surface area (Å²) in [5.74, 6) is -23.5. The zero-order valence-corrected chi connectivity index (χ0v) is 14.1. The van der Waals surface area contributed by atoms with Crippen LogP contribution in [0.2, 0.25) is 0 Å². The molecule has 2 atom stereocenters. The van der Waals surface area contributed by atoms with Crippen LogP contribution in [0.15, 0.2) is 0 Å². The van der Waals surface area contributed by atoms with Crippen LogP contribution < -0.4 is 0 Å². The quantitative estimate of drug-likeness (QED) is 0.375. The number of hydrogen-bond donors (Lipinski definition) is 0. The molecule has 0 amide bonds. The highest BCUT2D eigenvalue weighted by Gasteiger charge is 3.06. The van der Waals surface area contributed by atoms with Gasteiger partial charge in [-0.2, -0.15) is 52.7 Å². The van der Waals surface area contributed by atoms with Crippen molar-refractivity contribution in [3.8, 4) is 0 Å². The monoisotopic (exact) mass is 454 g/mol. The van der Waals surface area contributed by atoms with E-state index in [-0.39, 0.29) is 0 Å². The first-order valence-corrected chi connectivity index (χ1v) is 7.25. The van der Waals surface area contributed by atoms with E-state index >= 15 is 0 Å². The van der Waals surface area contributed by atoms with Gasteiger partial charge in [-0.15, -0.1) is 0 Å². The molecule has 0 N–H and O–H groups in total. The number of halogens is 15. The van der Waals surface area contributed by atoms with Crippen molar-refractivity contribution in [2.75, 3.05) is 0 Å². The van der Waals surface area contributed by atoms with Gasteiger partial charge in [0.2, 0.25) is 5.67 Å². The summed E-state index contributed by atoms with van der Waals surface area (Å²) in [5.41, 5.74) is -22.2. The molecular formula is C13H13F15. The van der Waals surface area contributed by atoms with Gasteiger partial charge in [0.25, 0.3) is 0 Å². The van der Waals surface area contributed by atoms with Gasteiger partial charge in [0, 0.05) is 0 Å². The molecule has 170 valence electrons. The first kappa shape index (κ1) is 27.0. The maximum Gasteiger partial charge on any atom is 0.432 e. The molecule has 0 aromatic heterocycles. The molecule has 0 aromatic rings. The molecule has 28 heavy (non-hydrogen) atoms. The van der Waals surface area contributed by atoms with Gasteiger partial charge in [0.05, 0.1) is 0 Å². The van der Waals surface area contributed by atoms with Crippen LogP contribution in [0.4, 0.5) is 65.9 Å². The van der Waals surface area contributed by atoms with Gasteiger partial charge in [-0.1, -0.05) is 26.7 Å². The fourth-order valence-electron chi connectivity index (χ4n) is 2.35. The van der Waals surface area contributed by atoms with E-state index in [1.165, 1.54) is 12.8 Å². The summed E-state index contributed by atoms with van der Waals surface area (Å²) >= 11 is 0. The van der Waals surface area contributed by atoms with E-state index in [1.807, 2.05) is 0 Å². The lowest BCUT2D eigenvalue weighted by Gasteiger charge is -2.57. The normalized spacial score (nSPS) is 37.1. The third-order valence-corrected chi connectivity index (χ3v) is 4.23. The largest absolute Gasteiger partial charge is 0.432 e. The second-order valence-electron chi connectivity index (χ2n) is 6.04. The Morgan fingerprint density at radius 3 is 0.857 bits per heavy atom. The number of unbranched alkanes of at least 4 members (excludes halogenated alkanes) is 1. The van der Waals surface area contributed by atoms with Gasteiger partial charge in [-0.05, 0) is 6.92 Å². The van der Waals surface area contributed by atoms with Crippen LogP contribution in [0.5, 0.6) is 0 Å². The minimum atomic E-state index is -7.89. The van der Waals surface area contributed by atoms with Crippen molar-refractivity contribution in [1.29, 1.82) is 0 Å². The minimum absolute atomic E-state index is 1.32. The summed E-state index contributed by atoms with van der Waals surface area (Å²) < 4.78 is 194. The van der Waals surface area contributed by atoms with Gasteiger partial charge in [-0.25, -0.2) is 13.2 Å². The molecule has 1 aliphatic rings. The number of alkyl halides is 15. The smallest absolute Gasteiger partial charge is 0.236 e. The van der Waals surface area contributed by atoms with Gasteiger partial charge in [0.15, 0.2) is 0 Å². The Kier molecular flexibility index (Phi) is 6.49. The molecule has 1 aliphatic carbocycles. The zero-order valence-electron chi connectivity index (χ0n) is 14.1. The van der Waals surface area contributed by atoms with Crippen molar-refractivity contribution >= 4 is 0 Å². The fraction of sp³-hybridized carbons (Fsp3) is 1.00. The summed E-state index contributed by atoms with van der Waals surface area (Å²) in [7, 11) is 0. The van der Waals surface area contributed by atoms with Crippen LogP contribution in [0.25, 0.3) is 0 Å². The molecular weight excluding hydrogens is 441 g/mol. The Morgan fingerprint density at radius 2 is 0.714 bits per heavy atom. The van der Waals surface area contributed by atoms with Gasteiger partial charge < -0.3 is 0 Å². The second kappa shape index (κ2) is 6.74. The summed E-state index contributed by atoms with van der Waals surface area (Å²) in [6.45, 7) is 2.78. The highest BCUT2D eigenvalue weighted by molar-refractivity contribution is 5.34. The average molecular weight is 454 g/mol. The van der Waals surface area contributed by atoms with E-state index in [2.05, 4.69) is 13.8 Å². The van der Waals surface area contributed by atoms with Crippen LogP contribution in [0.1, 0.15) is 33.6 Å². The fourth-order valence-corrected chi connectivity index (χ4v) is 2.35. The van der Waals surface area contributed by atoms with E-state index < -0.39 is 54.1 Å². The van der Waals surface area contributed by atoms with Gasteiger partial charge in [-0.3, -0.25) is 0 Å². The lowest BCUT2D eigenvalue weighted by atomic mass is 9.60. The number of hydrogen-bond acceptors (Lipinski definition) is 0. The first-order chi connectivity index (χ1) is 11.9. The van der Waals surface area contributed by atoms with E-state index in [0.29, 0.717) is 0 Å². The summed E-state index contributed by atoms with van der Waals surface area (Å²) in [6, 6.07) is 0. The highest BCUT2D eigenvalue weighted by Crippen LogP contribution is 2.74. The second-order valence-corrected chi connectivity index (χ2v) is 6.04. The summed E-state index contributed by atoms with van der Waals surface area (Å²) in [5, 5.41) is 0. The van der Waals surface area contributed by atoms with Crippen molar-refractivity contribution < 1.29 is 65.9 Å². The molecule has 0 saturated heterocycles. The SMILES string of the molecule is CC1(F)C(F)(C(F)(F)F)C(F)(F)C(F)(F)C(F)(F)C1(F)C(F)(F)F.CCCC. The Labute approximate surface area is 148 Å². The molecule has 1 saturated carbocycles. The van der Waals surface area contributed by atoms with Crippen molar-refractivity contribution in [1.82, 2.24) is 0 Å². The van der Waals surface area contributed by atoms with E-state index in [0.717, 1.165) is 0 Å². The first-order valence-electron chi connectivity index (χ1n) is 7.25. The molecule has 15 heteroatoms. The molecule has 0 radical (unpaired) electrons. The summed E-state index contributed by atoms with van der Waals surface area (Å²) in [4.78, 5) is 0. The van der Waals surface area contributed by atoms with E-state index in [9.17, 15) is 65.9 Å². The zero-order chi connectivity index (χ0) is 23.4. The van der Waals surface area contributed by atoms with Crippen molar-refractivity contribution in [3.05, 3.63) is 0 Å². The van der Waals surface area contributed by atoms with Crippen LogP contribution in [0, 0.1) is 0 Å². The van der Waals surface area contributed by atoms with Gasteiger partial charge >= 0.3 is 41.5 Å². The minimum Gasteiger partial charge on any atom is -0.236 e. The van der Waals surface area contributed by atoms with Crippen LogP contribution in [0.3, 0.4) is 0 Å².